The number of Topliss-reactive ketones (excluding diaryl/α,β-unsaturated/α-hetero) is 1. The molecule has 0 saturated carbocycles. The molecule has 3 rings (SSSR count). The van der Waals surface area contributed by atoms with Gasteiger partial charge < -0.3 is 14.2 Å². The Morgan fingerprint density at radius 1 is 1.00 bits per heavy atom. The second-order valence-corrected chi connectivity index (χ2v) is 7.06. The molecule has 4 heteroatoms. The zero-order valence-electron chi connectivity index (χ0n) is 16.6. The van der Waals surface area contributed by atoms with Gasteiger partial charge in [-0.3, -0.25) is 4.79 Å². The van der Waals surface area contributed by atoms with E-state index in [0.29, 0.717) is 11.3 Å². The highest BCUT2D eigenvalue weighted by Gasteiger charge is 2.17. The van der Waals surface area contributed by atoms with Crippen molar-refractivity contribution >= 4 is 11.5 Å². The molecule has 1 heterocycles. The van der Waals surface area contributed by atoms with E-state index in [1.807, 2.05) is 63.2 Å². The summed E-state index contributed by atoms with van der Waals surface area (Å²) in [7, 11) is 3.95. The maximum atomic E-state index is 12.8. The third-order valence-electron chi connectivity index (χ3n) is 4.73. The van der Waals surface area contributed by atoms with Gasteiger partial charge in [-0.05, 0) is 51.1 Å². The number of hydrogen-bond acceptors (Lipinski definition) is 3. The topological polar surface area (TPSA) is 34.5 Å². The Bertz CT molecular complexity index is 953. The van der Waals surface area contributed by atoms with Crippen LogP contribution in [0, 0.1) is 20.8 Å². The molecule has 0 amide bonds. The highest BCUT2D eigenvalue weighted by molar-refractivity contribution is 5.98. The number of ether oxygens (including phenoxy) is 1. The van der Waals surface area contributed by atoms with Crippen LogP contribution in [0.4, 0.5) is 5.69 Å². The summed E-state index contributed by atoms with van der Waals surface area (Å²) >= 11 is 0. The summed E-state index contributed by atoms with van der Waals surface area (Å²) in [5, 5.41) is 0. The van der Waals surface area contributed by atoms with Gasteiger partial charge in [0.25, 0.3) is 0 Å². The molecule has 0 N–H and O–H groups in total. The van der Waals surface area contributed by atoms with Gasteiger partial charge in [-0.25, -0.2) is 0 Å². The lowest BCUT2D eigenvalue weighted by molar-refractivity contribution is 0.0921. The summed E-state index contributed by atoms with van der Waals surface area (Å²) in [6, 6.07) is 18.0. The number of carbonyl (C=O) groups is 1. The first kappa shape index (κ1) is 18.8. The molecular formula is C23H26N2O2. The largest absolute Gasteiger partial charge is 0.485 e. The van der Waals surface area contributed by atoms with E-state index in [2.05, 4.69) is 35.8 Å². The number of hydrogen-bond donors (Lipinski definition) is 0. The molecule has 0 atom stereocenters. The van der Waals surface area contributed by atoms with Crippen molar-refractivity contribution in [3.8, 4) is 11.4 Å². The molecule has 0 aliphatic carbocycles. The van der Waals surface area contributed by atoms with Crippen LogP contribution in [0.5, 0.6) is 5.75 Å². The van der Waals surface area contributed by atoms with Gasteiger partial charge in [-0.2, -0.15) is 0 Å². The van der Waals surface area contributed by atoms with E-state index >= 15 is 0 Å². The third-order valence-corrected chi connectivity index (χ3v) is 4.73. The van der Waals surface area contributed by atoms with E-state index in [1.54, 1.807) is 0 Å². The molecule has 0 aliphatic rings. The molecule has 0 spiro atoms. The van der Waals surface area contributed by atoms with Gasteiger partial charge >= 0.3 is 0 Å². The fraction of sp³-hybridized carbons (Fsp3) is 0.261. The van der Waals surface area contributed by atoms with Crippen LogP contribution < -0.4 is 9.64 Å². The lowest BCUT2D eigenvalue weighted by atomic mass is 10.1. The van der Waals surface area contributed by atoms with E-state index in [9.17, 15) is 4.79 Å². The first-order valence-corrected chi connectivity index (χ1v) is 9.06. The zero-order valence-corrected chi connectivity index (χ0v) is 16.6. The second kappa shape index (κ2) is 7.70. The number of benzene rings is 2. The van der Waals surface area contributed by atoms with Crippen molar-refractivity contribution in [3.63, 3.8) is 0 Å². The number of aromatic nitrogens is 1. The van der Waals surface area contributed by atoms with Crippen LogP contribution in [-0.4, -0.2) is 31.1 Å². The van der Waals surface area contributed by atoms with Gasteiger partial charge in [0.1, 0.15) is 5.75 Å². The fourth-order valence-corrected chi connectivity index (χ4v) is 3.21. The Balaban J connectivity index is 1.79. The summed E-state index contributed by atoms with van der Waals surface area (Å²) in [5.41, 5.74) is 6.00. The van der Waals surface area contributed by atoms with Crippen molar-refractivity contribution in [2.45, 2.75) is 20.8 Å². The van der Waals surface area contributed by atoms with Gasteiger partial charge in [0.2, 0.25) is 5.78 Å². The Hall–Kier alpha value is -3.01. The smallest absolute Gasteiger partial charge is 0.202 e. The number of ketones is 1. The van der Waals surface area contributed by atoms with E-state index in [0.717, 1.165) is 22.8 Å². The molecule has 140 valence electrons. The molecule has 0 radical (unpaired) electrons. The molecule has 27 heavy (non-hydrogen) atoms. The molecule has 3 aromatic rings. The molecule has 1 aromatic heterocycles. The van der Waals surface area contributed by atoms with Crippen molar-refractivity contribution in [2.24, 2.45) is 0 Å². The van der Waals surface area contributed by atoms with Crippen molar-refractivity contribution in [1.29, 1.82) is 0 Å². The summed E-state index contributed by atoms with van der Waals surface area (Å²) in [6.45, 7) is 6.09. The molecule has 0 bridgehead atoms. The van der Waals surface area contributed by atoms with Crippen molar-refractivity contribution in [1.82, 2.24) is 4.57 Å². The van der Waals surface area contributed by atoms with Gasteiger partial charge in [0, 0.05) is 48.5 Å². The Labute approximate surface area is 161 Å². The lowest BCUT2D eigenvalue weighted by Crippen LogP contribution is -2.13. The molecule has 0 fully saturated rings. The lowest BCUT2D eigenvalue weighted by Gasteiger charge is -2.14. The second-order valence-electron chi connectivity index (χ2n) is 7.06. The van der Waals surface area contributed by atoms with Crippen LogP contribution in [0.3, 0.4) is 0 Å². The predicted molar refractivity (Wildman–Crippen MR) is 111 cm³/mol. The number of aryl methyl sites for hydroxylation is 2. The number of anilines is 1. The van der Waals surface area contributed by atoms with E-state index < -0.39 is 0 Å². The number of nitrogens with zero attached hydrogens (tertiary/aromatic N) is 2. The van der Waals surface area contributed by atoms with Gasteiger partial charge in [0.05, 0.1) is 0 Å². The SMILES string of the molecule is Cc1ccc(-n2c(C)cc(C(=O)COc3cccc(N(C)C)c3)c2C)cc1. The molecule has 4 nitrogen and oxygen atoms in total. The van der Waals surface area contributed by atoms with Crippen molar-refractivity contribution < 1.29 is 9.53 Å². The minimum atomic E-state index is -0.0169. The van der Waals surface area contributed by atoms with Crippen LogP contribution in [0.15, 0.2) is 54.6 Å². The van der Waals surface area contributed by atoms with Crippen LogP contribution in [0.25, 0.3) is 5.69 Å². The highest BCUT2D eigenvalue weighted by Crippen LogP contribution is 2.23. The Morgan fingerprint density at radius 2 is 1.70 bits per heavy atom. The first-order chi connectivity index (χ1) is 12.9. The summed E-state index contributed by atoms with van der Waals surface area (Å²) in [4.78, 5) is 14.8. The normalized spacial score (nSPS) is 10.7. The summed E-state index contributed by atoms with van der Waals surface area (Å²) in [6.07, 6.45) is 0. The molecule has 2 aromatic carbocycles. The monoisotopic (exact) mass is 362 g/mol. The van der Waals surface area contributed by atoms with Crippen LogP contribution in [0.2, 0.25) is 0 Å². The summed E-state index contributed by atoms with van der Waals surface area (Å²) in [5.74, 6) is 0.679. The minimum absolute atomic E-state index is 0.0169. The molecule has 0 unspecified atom stereocenters. The average molecular weight is 362 g/mol. The van der Waals surface area contributed by atoms with Crippen LogP contribution in [-0.2, 0) is 0 Å². The van der Waals surface area contributed by atoms with Crippen molar-refractivity contribution in [3.05, 3.63) is 77.1 Å². The number of rotatable bonds is 6. The first-order valence-electron chi connectivity index (χ1n) is 9.06. The fourth-order valence-electron chi connectivity index (χ4n) is 3.21. The maximum Gasteiger partial charge on any atom is 0.202 e. The molecular weight excluding hydrogens is 336 g/mol. The molecule has 0 saturated heterocycles. The van der Waals surface area contributed by atoms with E-state index in [1.165, 1.54) is 5.56 Å². The quantitative estimate of drug-likeness (QED) is 0.595. The highest BCUT2D eigenvalue weighted by atomic mass is 16.5. The predicted octanol–water partition coefficient (Wildman–Crippen LogP) is 4.73. The average Bonchev–Trinajstić information content (AvgIpc) is 2.95. The Kier molecular flexibility index (Phi) is 5.36. The Morgan fingerprint density at radius 3 is 2.37 bits per heavy atom. The third kappa shape index (κ3) is 4.05. The molecule has 0 aliphatic heterocycles. The van der Waals surface area contributed by atoms with Gasteiger partial charge in [-0.15, -0.1) is 0 Å². The van der Waals surface area contributed by atoms with E-state index in [-0.39, 0.29) is 12.4 Å². The van der Waals surface area contributed by atoms with Gasteiger partial charge in [-0.1, -0.05) is 23.8 Å². The van der Waals surface area contributed by atoms with Crippen LogP contribution >= 0.6 is 0 Å². The number of carbonyl (C=O) groups excluding carboxylic acids is 1. The van der Waals surface area contributed by atoms with Gasteiger partial charge in [0.15, 0.2) is 6.61 Å². The van der Waals surface area contributed by atoms with E-state index in [4.69, 9.17) is 4.74 Å². The van der Waals surface area contributed by atoms with Crippen LogP contribution in [0.1, 0.15) is 27.3 Å². The standard InChI is InChI=1S/C23H26N2O2/c1-16-9-11-19(12-10-16)25-17(2)13-22(18(25)3)23(26)15-27-21-8-6-7-20(14-21)24(4)5/h6-14H,15H2,1-5H3. The maximum absolute atomic E-state index is 12.8. The van der Waals surface area contributed by atoms with Crippen molar-refractivity contribution in [2.75, 3.05) is 25.6 Å². The zero-order chi connectivity index (χ0) is 19.6. The minimum Gasteiger partial charge on any atom is -0.485 e. The summed E-state index contributed by atoms with van der Waals surface area (Å²) < 4.78 is 7.86.